The van der Waals surface area contributed by atoms with E-state index in [-0.39, 0.29) is 17.2 Å². The first kappa shape index (κ1) is 21.6. The number of hydrogen-bond donors (Lipinski definition) is 1. The second-order valence-corrected chi connectivity index (χ2v) is 6.50. The van der Waals surface area contributed by atoms with Crippen LogP contribution in [0.25, 0.3) is 0 Å². The smallest absolute Gasteiger partial charge is 0.287 e. The van der Waals surface area contributed by atoms with Gasteiger partial charge in [0, 0.05) is 12.0 Å². The summed E-state index contributed by atoms with van der Waals surface area (Å²) in [5, 5.41) is 13.4. The van der Waals surface area contributed by atoms with Gasteiger partial charge in [0.1, 0.15) is 12.3 Å². The molecule has 1 aliphatic rings. The Bertz CT molecular complexity index is 954. The molecule has 0 saturated carbocycles. The van der Waals surface area contributed by atoms with E-state index in [1.54, 1.807) is 30.3 Å². The zero-order valence-corrected chi connectivity index (χ0v) is 15.8. The van der Waals surface area contributed by atoms with Crippen LogP contribution >= 0.6 is 0 Å². The standard InChI is InChI=1S/C20H18F4N2O4/c1-29-15-7-2-3-8-16(15)30-11-12-5-4-6-13(9-12)18(27)26-20(28,19(23)24)10-14(25-26)17(21)22/h2-9,17,19,28H,10-11H2,1H3/t20-/m0/s1. The maximum Gasteiger partial charge on any atom is 0.287 e. The third-order valence-corrected chi connectivity index (χ3v) is 4.47. The third kappa shape index (κ3) is 4.23. The molecule has 0 unspecified atom stereocenters. The lowest BCUT2D eigenvalue weighted by Gasteiger charge is -2.30. The zero-order chi connectivity index (χ0) is 21.9. The Morgan fingerprint density at radius 2 is 1.87 bits per heavy atom. The lowest BCUT2D eigenvalue weighted by molar-refractivity contribution is -0.164. The predicted octanol–water partition coefficient (Wildman–Crippen LogP) is 3.69. The van der Waals surface area contributed by atoms with Gasteiger partial charge in [0.25, 0.3) is 18.8 Å². The van der Waals surface area contributed by atoms with Gasteiger partial charge in [-0.05, 0) is 29.8 Å². The van der Waals surface area contributed by atoms with Crippen molar-refractivity contribution in [2.75, 3.05) is 7.11 Å². The maximum atomic E-state index is 13.4. The number of rotatable bonds is 7. The van der Waals surface area contributed by atoms with Gasteiger partial charge in [-0.15, -0.1) is 0 Å². The Kier molecular flexibility index (Phi) is 6.25. The van der Waals surface area contributed by atoms with Crippen LogP contribution in [0.4, 0.5) is 17.6 Å². The molecule has 30 heavy (non-hydrogen) atoms. The summed E-state index contributed by atoms with van der Waals surface area (Å²) in [6, 6.07) is 12.6. The van der Waals surface area contributed by atoms with E-state index in [1.165, 1.54) is 25.3 Å². The number of nitrogens with zero attached hydrogens (tertiary/aromatic N) is 2. The van der Waals surface area contributed by atoms with Gasteiger partial charge in [0.15, 0.2) is 11.5 Å². The minimum atomic E-state index is -3.49. The van der Waals surface area contributed by atoms with Crippen LogP contribution in [0, 0.1) is 0 Å². The highest BCUT2D eigenvalue weighted by Crippen LogP contribution is 2.34. The van der Waals surface area contributed by atoms with Crippen molar-refractivity contribution in [2.24, 2.45) is 5.10 Å². The molecule has 0 aromatic heterocycles. The summed E-state index contributed by atoms with van der Waals surface area (Å²) >= 11 is 0. The fraction of sp³-hybridized carbons (Fsp3) is 0.300. The number of para-hydroxylation sites is 2. The van der Waals surface area contributed by atoms with Crippen LogP contribution in [-0.2, 0) is 6.61 Å². The molecular weight excluding hydrogens is 408 g/mol. The van der Waals surface area contributed by atoms with Crippen molar-refractivity contribution in [3.63, 3.8) is 0 Å². The normalized spacial score (nSPS) is 18.7. The quantitative estimate of drug-likeness (QED) is 0.686. The summed E-state index contributed by atoms with van der Waals surface area (Å²) in [4.78, 5) is 12.7. The van der Waals surface area contributed by atoms with Crippen LogP contribution in [0.5, 0.6) is 11.5 Å². The first-order chi connectivity index (χ1) is 14.3. The van der Waals surface area contributed by atoms with Gasteiger partial charge in [0.05, 0.1) is 7.11 Å². The van der Waals surface area contributed by atoms with Crippen molar-refractivity contribution in [3.8, 4) is 11.5 Å². The van der Waals surface area contributed by atoms with Crippen molar-refractivity contribution < 1.29 is 36.9 Å². The van der Waals surface area contributed by atoms with E-state index in [4.69, 9.17) is 9.47 Å². The van der Waals surface area contributed by atoms with E-state index < -0.39 is 36.6 Å². The van der Waals surface area contributed by atoms with Crippen LogP contribution < -0.4 is 9.47 Å². The molecule has 1 amide bonds. The molecule has 1 atom stereocenters. The number of methoxy groups -OCH3 is 1. The summed E-state index contributed by atoms with van der Waals surface area (Å²) in [6.45, 7) is 0.0200. The molecule has 0 fully saturated rings. The Morgan fingerprint density at radius 3 is 2.50 bits per heavy atom. The minimum absolute atomic E-state index is 0.0200. The number of ether oxygens (including phenoxy) is 2. The lowest BCUT2D eigenvalue weighted by atomic mass is 10.1. The summed E-state index contributed by atoms with van der Waals surface area (Å²) < 4.78 is 63.4. The molecule has 0 aliphatic carbocycles. The monoisotopic (exact) mass is 426 g/mol. The number of benzene rings is 2. The fourth-order valence-corrected chi connectivity index (χ4v) is 2.92. The number of carbonyl (C=O) groups is 1. The van der Waals surface area contributed by atoms with E-state index in [2.05, 4.69) is 5.10 Å². The Hall–Kier alpha value is -3.14. The third-order valence-electron chi connectivity index (χ3n) is 4.47. The summed E-state index contributed by atoms with van der Waals surface area (Å²) in [5.74, 6) is -0.181. The number of carbonyl (C=O) groups excluding carboxylic acids is 1. The van der Waals surface area contributed by atoms with E-state index in [0.29, 0.717) is 17.1 Å². The maximum absolute atomic E-state index is 13.4. The average Bonchev–Trinajstić information content (AvgIpc) is 3.11. The molecule has 3 rings (SSSR count). The molecule has 160 valence electrons. The van der Waals surface area contributed by atoms with Gasteiger partial charge < -0.3 is 14.6 Å². The SMILES string of the molecule is COc1ccccc1OCc1cccc(C(=O)N2N=C(C(F)F)C[C@]2(O)C(F)F)c1. The van der Waals surface area contributed by atoms with Crippen molar-refractivity contribution in [1.82, 2.24) is 5.01 Å². The molecule has 1 aliphatic heterocycles. The second kappa shape index (κ2) is 8.70. The van der Waals surface area contributed by atoms with Crippen LogP contribution in [0.2, 0.25) is 0 Å². The number of hydrazone groups is 1. The van der Waals surface area contributed by atoms with Crippen molar-refractivity contribution in [2.45, 2.75) is 31.6 Å². The van der Waals surface area contributed by atoms with Crippen molar-refractivity contribution >= 4 is 11.6 Å². The fourth-order valence-electron chi connectivity index (χ4n) is 2.92. The number of amides is 1. The number of hydrogen-bond acceptors (Lipinski definition) is 5. The highest BCUT2D eigenvalue weighted by atomic mass is 19.3. The molecule has 1 heterocycles. The molecule has 6 nitrogen and oxygen atoms in total. The topological polar surface area (TPSA) is 71.4 Å². The highest BCUT2D eigenvalue weighted by molar-refractivity contribution is 5.99. The van der Waals surface area contributed by atoms with Crippen LogP contribution in [-0.4, -0.2) is 47.4 Å². The molecule has 0 saturated heterocycles. The number of aliphatic hydroxyl groups is 1. The summed E-state index contributed by atoms with van der Waals surface area (Å²) in [5.41, 5.74) is -3.73. The molecular formula is C20H18F4N2O4. The van der Waals surface area contributed by atoms with Gasteiger partial charge in [-0.25, -0.2) is 17.6 Å². The van der Waals surface area contributed by atoms with Crippen molar-refractivity contribution in [3.05, 3.63) is 59.7 Å². The molecule has 0 spiro atoms. The van der Waals surface area contributed by atoms with Crippen molar-refractivity contribution in [1.29, 1.82) is 0 Å². The largest absolute Gasteiger partial charge is 0.493 e. The van der Waals surface area contributed by atoms with Gasteiger partial charge in [-0.1, -0.05) is 24.3 Å². The number of alkyl halides is 4. The molecule has 1 N–H and O–H groups in total. The minimum Gasteiger partial charge on any atom is -0.493 e. The number of halogens is 4. The first-order valence-corrected chi connectivity index (χ1v) is 8.81. The Morgan fingerprint density at radius 1 is 1.17 bits per heavy atom. The summed E-state index contributed by atoms with van der Waals surface area (Å²) in [6.07, 6.45) is -7.79. The van der Waals surface area contributed by atoms with Gasteiger partial charge >= 0.3 is 0 Å². The van der Waals surface area contributed by atoms with E-state index >= 15 is 0 Å². The highest BCUT2D eigenvalue weighted by Gasteiger charge is 2.53. The predicted molar refractivity (Wildman–Crippen MR) is 98.9 cm³/mol. The van der Waals surface area contributed by atoms with Crippen LogP contribution in [0.15, 0.2) is 53.6 Å². The first-order valence-electron chi connectivity index (χ1n) is 8.81. The van der Waals surface area contributed by atoms with E-state index in [0.717, 1.165) is 0 Å². The van der Waals surface area contributed by atoms with Gasteiger partial charge in [-0.2, -0.15) is 10.1 Å². The second-order valence-electron chi connectivity index (χ2n) is 6.50. The molecule has 0 radical (unpaired) electrons. The van der Waals surface area contributed by atoms with E-state index in [9.17, 15) is 27.5 Å². The molecule has 0 bridgehead atoms. The van der Waals surface area contributed by atoms with Gasteiger partial charge in [0.2, 0.25) is 5.72 Å². The lowest BCUT2D eigenvalue weighted by Crippen LogP contribution is -2.51. The van der Waals surface area contributed by atoms with E-state index in [1.807, 2.05) is 0 Å². The molecule has 2 aromatic carbocycles. The summed E-state index contributed by atoms with van der Waals surface area (Å²) in [7, 11) is 1.48. The Balaban J connectivity index is 1.81. The zero-order valence-electron chi connectivity index (χ0n) is 15.8. The van der Waals surface area contributed by atoms with Gasteiger partial charge in [-0.3, -0.25) is 4.79 Å². The molecule has 10 heteroatoms. The Labute approximate surface area is 169 Å². The average molecular weight is 426 g/mol. The van der Waals surface area contributed by atoms with Crippen LogP contribution in [0.3, 0.4) is 0 Å². The van der Waals surface area contributed by atoms with Crippen LogP contribution in [0.1, 0.15) is 22.3 Å². The molecule has 2 aromatic rings.